The van der Waals surface area contributed by atoms with Gasteiger partial charge in [-0.25, -0.2) is 8.42 Å². The summed E-state index contributed by atoms with van der Waals surface area (Å²) in [5, 5.41) is 10.8. The van der Waals surface area contributed by atoms with Crippen LogP contribution >= 0.6 is 0 Å². The van der Waals surface area contributed by atoms with Gasteiger partial charge < -0.3 is 0 Å². The molecule has 1 aromatic carbocycles. The highest BCUT2D eigenvalue weighted by Gasteiger charge is 2.28. The fraction of sp³-hybridized carbons (Fsp3) is 0.538. The zero-order valence-corrected chi connectivity index (χ0v) is 13.1. The molecule has 0 atom stereocenters. The molecule has 0 radical (unpaired) electrons. The lowest BCUT2D eigenvalue weighted by atomic mass is 10.2. The van der Waals surface area contributed by atoms with Crippen LogP contribution in [0.15, 0.2) is 17.0 Å². The summed E-state index contributed by atoms with van der Waals surface area (Å²) in [6.07, 6.45) is 1.25. The second-order valence-electron chi connectivity index (χ2n) is 4.73. The van der Waals surface area contributed by atoms with Crippen LogP contribution in [-0.4, -0.2) is 30.7 Å². The van der Waals surface area contributed by atoms with Gasteiger partial charge in [-0.3, -0.25) is 10.1 Å². The van der Waals surface area contributed by atoms with Crippen molar-refractivity contribution >= 4 is 15.7 Å². The van der Waals surface area contributed by atoms with Crippen LogP contribution in [0.5, 0.6) is 0 Å². The fourth-order valence-electron chi connectivity index (χ4n) is 2.00. The molecule has 0 aliphatic heterocycles. The summed E-state index contributed by atoms with van der Waals surface area (Å²) in [6.45, 7) is 5.64. The van der Waals surface area contributed by atoms with E-state index in [0.29, 0.717) is 25.9 Å². The largest absolute Gasteiger partial charge is 0.306 e. The van der Waals surface area contributed by atoms with E-state index in [-0.39, 0.29) is 10.5 Å². The Kier molecular flexibility index (Phi) is 5.79. The summed E-state index contributed by atoms with van der Waals surface area (Å²) < 4.78 is 40.0. The Balaban J connectivity index is 3.40. The van der Waals surface area contributed by atoms with E-state index < -0.39 is 26.5 Å². The molecule has 0 heterocycles. The number of sulfonamides is 1. The molecule has 118 valence electrons. The lowest BCUT2D eigenvalue weighted by Gasteiger charge is -2.21. The minimum Gasteiger partial charge on any atom is -0.258 e. The van der Waals surface area contributed by atoms with E-state index in [1.807, 2.05) is 13.8 Å². The highest BCUT2D eigenvalue weighted by molar-refractivity contribution is 7.89. The molecule has 0 aliphatic rings. The summed E-state index contributed by atoms with van der Waals surface area (Å²) in [5.41, 5.74) is -0.878. The first kappa shape index (κ1) is 17.5. The van der Waals surface area contributed by atoms with Gasteiger partial charge >= 0.3 is 5.69 Å². The normalized spacial score (nSPS) is 11.9. The van der Waals surface area contributed by atoms with Crippen LogP contribution in [-0.2, 0) is 10.0 Å². The molecule has 0 aliphatic carbocycles. The first-order valence-electron chi connectivity index (χ1n) is 6.70. The van der Waals surface area contributed by atoms with Gasteiger partial charge in [-0.15, -0.1) is 0 Å². The van der Waals surface area contributed by atoms with E-state index in [1.165, 1.54) is 11.2 Å². The van der Waals surface area contributed by atoms with Crippen LogP contribution in [0.2, 0.25) is 0 Å². The summed E-state index contributed by atoms with van der Waals surface area (Å²) in [7, 11) is -3.86. The van der Waals surface area contributed by atoms with Gasteiger partial charge in [0.25, 0.3) is 0 Å². The van der Waals surface area contributed by atoms with Crippen LogP contribution in [0, 0.1) is 22.9 Å². The molecule has 0 bridgehead atoms. The summed E-state index contributed by atoms with van der Waals surface area (Å²) >= 11 is 0. The lowest BCUT2D eigenvalue weighted by Crippen LogP contribution is -2.32. The van der Waals surface area contributed by atoms with Crippen LogP contribution in [0.25, 0.3) is 0 Å². The third-order valence-corrected chi connectivity index (χ3v) is 4.87. The molecule has 0 unspecified atom stereocenters. The van der Waals surface area contributed by atoms with Gasteiger partial charge in [0.15, 0.2) is 0 Å². The second kappa shape index (κ2) is 6.95. The van der Waals surface area contributed by atoms with Crippen LogP contribution in [0.3, 0.4) is 0 Å². The first-order valence-corrected chi connectivity index (χ1v) is 8.14. The molecule has 0 saturated carbocycles. The Morgan fingerprint density at radius 3 is 2.19 bits per heavy atom. The van der Waals surface area contributed by atoms with Crippen molar-refractivity contribution in [2.45, 2.75) is 38.5 Å². The quantitative estimate of drug-likeness (QED) is 0.572. The van der Waals surface area contributed by atoms with Crippen molar-refractivity contribution in [3.05, 3.63) is 33.6 Å². The number of nitro benzene ring substituents is 1. The molecule has 0 fully saturated rings. The summed E-state index contributed by atoms with van der Waals surface area (Å²) in [4.78, 5) is 9.68. The molecule has 8 heteroatoms. The van der Waals surface area contributed by atoms with Crippen LogP contribution < -0.4 is 0 Å². The fourth-order valence-corrected chi connectivity index (χ4v) is 3.73. The number of rotatable bonds is 7. The summed E-state index contributed by atoms with van der Waals surface area (Å²) in [5.74, 6) is -1.00. The Morgan fingerprint density at radius 1 is 1.24 bits per heavy atom. The zero-order valence-electron chi connectivity index (χ0n) is 12.3. The number of hydrogen-bond donors (Lipinski definition) is 0. The van der Waals surface area contributed by atoms with Gasteiger partial charge in [0.1, 0.15) is 0 Å². The van der Waals surface area contributed by atoms with Gasteiger partial charge in [-0.2, -0.15) is 8.70 Å². The monoisotopic (exact) mass is 318 g/mol. The minimum atomic E-state index is -3.86. The van der Waals surface area contributed by atoms with E-state index in [9.17, 15) is 22.9 Å². The maximum atomic E-state index is 13.7. The van der Waals surface area contributed by atoms with Gasteiger partial charge in [-0.1, -0.05) is 13.8 Å². The number of benzene rings is 1. The van der Waals surface area contributed by atoms with Crippen molar-refractivity contribution in [3.8, 4) is 0 Å². The molecule has 0 amide bonds. The van der Waals surface area contributed by atoms with Crippen molar-refractivity contribution in [2.24, 2.45) is 0 Å². The molecule has 6 nitrogen and oxygen atoms in total. The average Bonchev–Trinajstić information content (AvgIpc) is 2.40. The van der Waals surface area contributed by atoms with Gasteiger partial charge in [0.2, 0.25) is 15.8 Å². The molecule has 1 rings (SSSR count). The number of hydrogen-bond acceptors (Lipinski definition) is 4. The maximum absolute atomic E-state index is 13.7. The van der Waals surface area contributed by atoms with Crippen molar-refractivity contribution < 1.29 is 17.7 Å². The van der Waals surface area contributed by atoms with E-state index >= 15 is 0 Å². The molecule has 1 aromatic rings. The Labute approximate surface area is 123 Å². The number of nitro groups is 1. The van der Waals surface area contributed by atoms with Crippen molar-refractivity contribution in [1.29, 1.82) is 0 Å². The van der Waals surface area contributed by atoms with Gasteiger partial charge in [0.05, 0.1) is 9.82 Å². The van der Waals surface area contributed by atoms with Gasteiger partial charge in [0, 0.05) is 19.2 Å². The Hall–Kier alpha value is -1.54. The van der Waals surface area contributed by atoms with Crippen molar-refractivity contribution in [2.75, 3.05) is 13.1 Å². The molecule has 0 aromatic heterocycles. The molecule has 0 N–H and O–H groups in total. The third-order valence-electron chi connectivity index (χ3n) is 2.99. The van der Waals surface area contributed by atoms with E-state index in [4.69, 9.17) is 0 Å². The SMILES string of the molecule is CCCN(CCC)S(=O)(=O)c1cc(C)c(F)c([N+](=O)[O-])c1. The zero-order chi connectivity index (χ0) is 16.2. The predicted molar refractivity (Wildman–Crippen MR) is 77.1 cm³/mol. The van der Waals surface area contributed by atoms with E-state index in [2.05, 4.69) is 0 Å². The highest BCUT2D eigenvalue weighted by atomic mass is 32.2. The third kappa shape index (κ3) is 3.76. The highest BCUT2D eigenvalue weighted by Crippen LogP contribution is 2.27. The Bertz CT molecular complexity index is 625. The molecule has 0 spiro atoms. The summed E-state index contributed by atoms with van der Waals surface area (Å²) in [6, 6.07) is 1.92. The smallest absolute Gasteiger partial charge is 0.258 e. The molecular weight excluding hydrogens is 299 g/mol. The standard InChI is InChI=1S/C13H19FN2O4S/c1-4-6-15(7-5-2)21(19,20)11-8-10(3)13(14)12(9-11)16(17)18/h8-9H,4-7H2,1-3H3. The van der Waals surface area contributed by atoms with E-state index in [0.717, 1.165) is 12.1 Å². The molecule has 0 saturated heterocycles. The second-order valence-corrected chi connectivity index (χ2v) is 6.67. The number of halogens is 1. The van der Waals surface area contributed by atoms with Gasteiger partial charge in [-0.05, 0) is 31.4 Å². The lowest BCUT2D eigenvalue weighted by molar-refractivity contribution is -0.387. The Morgan fingerprint density at radius 2 is 1.76 bits per heavy atom. The molecular formula is C13H19FN2O4S. The van der Waals surface area contributed by atoms with Crippen LogP contribution in [0.4, 0.5) is 10.1 Å². The topological polar surface area (TPSA) is 80.5 Å². The first-order chi connectivity index (χ1) is 9.75. The average molecular weight is 318 g/mol. The maximum Gasteiger partial charge on any atom is 0.306 e. The molecule has 21 heavy (non-hydrogen) atoms. The number of aryl methyl sites for hydroxylation is 1. The van der Waals surface area contributed by atoms with Crippen molar-refractivity contribution in [1.82, 2.24) is 4.31 Å². The predicted octanol–water partition coefficient (Wildman–Crippen LogP) is 2.85. The number of nitrogens with zero attached hydrogens (tertiary/aromatic N) is 2. The van der Waals surface area contributed by atoms with Crippen LogP contribution in [0.1, 0.15) is 32.3 Å². The minimum absolute atomic E-state index is 0.0595. The van der Waals surface area contributed by atoms with Crippen molar-refractivity contribution in [3.63, 3.8) is 0 Å². The van der Waals surface area contributed by atoms with E-state index in [1.54, 1.807) is 0 Å².